The van der Waals surface area contributed by atoms with Crippen molar-refractivity contribution in [1.29, 1.82) is 0 Å². The molecule has 0 radical (unpaired) electrons. The van der Waals surface area contributed by atoms with Crippen LogP contribution in [0.2, 0.25) is 0 Å². The van der Waals surface area contributed by atoms with Crippen LogP contribution in [-0.4, -0.2) is 15.9 Å². The first-order valence-corrected chi connectivity index (χ1v) is 8.08. The fourth-order valence-corrected chi connectivity index (χ4v) is 2.58. The molecule has 24 heavy (non-hydrogen) atoms. The number of carbonyl (C=O) groups excluding carboxylic acids is 1. The Bertz CT molecular complexity index is 850. The highest BCUT2D eigenvalue weighted by Crippen LogP contribution is 2.22. The zero-order valence-corrected chi connectivity index (χ0v) is 14.5. The van der Waals surface area contributed by atoms with E-state index in [0.29, 0.717) is 18.3 Å². The van der Waals surface area contributed by atoms with Crippen LogP contribution in [0.25, 0.3) is 0 Å². The second-order valence-electron chi connectivity index (χ2n) is 5.11. The molecule has 0 aliphatic heterocycles. The van der Waals surface area contributed by atoms with E-state index in [1.807, 2.05) is 25.1 Å². The van der Waals surface area contributed by atoms with E-state index in [1.165, 1.54) is 0 Å². The van der Waals surface area contributed by atoms with E-state index in [-0.39, 0.29) is 11.6 Å². The van der Waals surface area contributed by atoms with Gasteiger partial charge in [0.2, 0.25) is 5.95 Å². The quantitative estimate of drug-likeness (QED) is 0.696. The molecule has 122 valence electrons. The molecule has 0 aliphatic carbocycles. The van der Waals surface area contributed by atoms with E-state index in [9.17, 15) is 4.79 Å². The lowest BCUT2D eigenvalue weighted by Gasteiger charge is -2.09. The van der Waals surface area contributed by atoms with Crippen LogP contribution in [-0.2, 0) is 6.54 Å². The molecule has 6 nitrogen and oxygen atoms in total. The van der Waals surface area contributed by atoms with Crippen molar-refractivity contribution in [1.82, 2.24) is 15.3 Å². The number of aromatic nitrogens is 2. The van der Waals surface area contributed by atoms with Crippen molar-refractivity contribution in [3.63, 3.8) is 0 Å². The first-order valence-electron chi connectivity index (χ1n) is 7.28. The van der Waals surface area contributed by atoms with Gasteiger partial charge in [0.25, 0.3) is 5.91 Å². The number of hydrogen-bond donors (Lipinski definition) is 2. The summed E-state index contributed by atoms with van der Waals surface area (Å²) in [5, 5.41) is 5.88. The minimum Gasteiger partial charge on any atom is -0.467 e. The summed E-state index contributed by atoms with van der Waals surface area (Å²) in [4.78, 5) is 20.6. The van der Waals surface area contributed by atoms with Gasteiger partial charge in [-0.3, -0.25) is 4.79 Å². The fraction of sp³-hybridized carbons (Fsp3) is 0.118. The zero-order valence-electron chi connectivity index (χ0n) is 12.9. The van der Waals surface area contributed by atoms with Crippen LogP contribution in [0.4, 0.5) is 11.6 Å². The molecule has 0 spiro atoms. The molecule has 0 atom stereocenters. The Morgan fingerprint density at radius 2 is 2.17 bits per heavy atom. The molecule has 0 bridgehead atoms. The van der Waals surface area contributed by atoms with Crippen molar-refractivity contribution in [3.05, 3.63) is 70.3 Å². The highest BCUT2D eigenvalue weighted by molar-refractivity contribution is 9.10. The standard InChI is InChI=1S/C17H15BrN4O2/c1-11-9-12(18)4-5-14(11)21-17-19-7-6-15(22-17)16(23)20-10-13-3-2-8-24-13/h2-9H,10H2,1H3,(H,20,23)(H,19,21,22). The van der Waals surface area contributed by atoms with Gasteiger partial charge in [-0.25, -0.2) is 9.97 Å². The number of nitrogens with zero attached hydrogens (tertiary/aromatic N) is 2. The van der Waals surface area contributed by atoms with E-state index in [1.54, 1.807) is 30.7 Å². The summed E-state index contributed by atoms with van der Waals surface area (Å²) in [6.45, 7) is 2.29. The molecule has 0 aliphatic rings. The summed E-state index contributed by atoms with van der Waals surface area (Å²) in [7, 11) is 0. The number of nitrogens with one attached hydrogen (secondary N) is 2. The highest BCUT2D eigenvalue weighted by atomic mass is 79.9. The number of carbonyl (C=O) groups is 1. The van der Waals surface area contributed by atoms with Gasteiger partial charge in [0, 0.05) is 16.4 Å². The molecule has 2 heterocycles. The number of halogens is 1. The molecule has 2 aromatic heterocycles. The number of amides is 1. The topological polar surface area (TPSA) is 80.0 Å². The summed E-state index contributed by atoms with van der Waals surface area (Å²) < 4.78 is 6.18. The Labute approximate surface area is 147 Å². The molecule has 0 unspecified atom stereocenters. The Hall–Kier alpha value is -2.67. The average Bonchev–Trinajstić information content (AvgIpc) is 3.09. The lowest BCUT2D eigenvalue weighted by atomic mass is 10.2. The molecule has 1 amide bonds. The molecular formula is C17H15BrN4O2. The number of anilines is 2. The second-order valence-corrected chi connectivity index (χ2v) is 6.03. The number of furan rings is 1. The number of rotatable bonds is 5. The minimum atomic E-state index is -0.288. The smallest absolute Gasteiger partial charge is 0.270 e. The first-order chi connectivity index (χ1) is 11.6. The molecule has 3 aromatic rings. The van der Waals surface area contributed by atoms with E-state index in [0.717, 1.165) is 15.7 Å². The summed E-state index contributed by atoms with van der Waals surface area (Å²) in [5.74, 6) is 0.761. The SMILES string of the molecule is Cc1cc(Br)ccc1Nc1nccc(C(=O)NCc2ccco2)n1. The van der Waals surface area contributed by atoms with Gasteiger partial charge in [-0.1, -0.05) is 15.9 Å². The summed E-state index contributed by atoms with van der Waals surface area (Å²) in [5.41, 5.74) is 2.21. The first kappa shape index (κ1) is 16.2. The molecule has 0 saturated heterocycles. The van der Waals surface area contributed by atoms with Crippen molar-refractivity contribution < 1.29 is 9.21 Å². The van der Waals surface area contributed by atoms with Crippen molar-refractivity contribution in [2.75, 3.05) is 5.32 Å². The predicted octanol–water partition coefficient (Wildman–Crippen LogP) is 3.81. The normalized spacial score (nSPS) is 10.4. The molecule has 7 heteroatoms. The molecule has 3 rings (SSSR count). The maximum absolute atomic E-state index is 12.2. The van der Waals surface area contributed by atoms with Crippen LogP contribution >= 0.6 is 15.9 Å². The highest BCUT2D eigenvalue weighted by Gasteiger charge is 2.10. The van der Waals surface area contributed by atoms with Crippen LogP contribution in [0.15, 0.2) is 57.7 Å². The van der Waals surface area contributed by atoms with Gasteiger partial charge in [-0.2, -0.15) is 0 Å². The predicted molar refractivity (Wildman–Crippen MR) is 94.1 cm³/mol. The summed E-state index contributed by atoms with van der Waals surface area (Å²) in [6.07, 6.45) is 3.11. The average molecular weight is 387 g/mol. The minimum absolute atomic E-state index is 0.286. The molecule has 0 saturated carbocycles. The molecule has 1 aromatic carbocycles. The summed E-state index contributed by atoms with van der Waals surface area (Å²) in [6, 6.07) is 11.0. The van der Waals surface area contributed by atoms with Crippen LogP contribution < -0.4 is 10.6 Å². The Morgan fingerprint density at radius 3 is 2.92 bits per heavy atom. The third kappa shape index (κ3) is 3.99. The van der Waals surface area contributed by atoms with E-state index in [2.05, 4.69) is 36.5 Å². The van der Waals surface area contributed by atoms with E-state index >= 15 is 0 Å². The Balaban J connectivity index is 1.70. The molecular weight excluding hydrogens is 372 g/mol. The number of benzene rings is 1. The largest absolute Gasteiger partial charge is 0.467 e. The maximum Gasteiger partial charge on any atom is 0.270 e. The van der Waals surface area contributed by atoms with E-state index in [4.69, 9.17) is 4.42 Å². The van der Waals surface area contributed by atoms with Gasteiger partial charge in [-0.05, 0) is 48.9 Å². The van der Waals surface area contributed by atoms with Gasteiger partial charge < -0.3 is 15.1 Å². The van der Waals surface area contributed by atoms with E-state index < -0.39 is 0 Å². The third-order valence-corrected chi connectivity index (χ3v) is 3.82. The number of aryl methyl sites for hydroxylation is 1. The summed E-state index contributed by atoms with van der Waals surface area (Å²) >= 11 is 3.43. The fourth-order valence-electron chi connectivity index (χ4n) is 2.10. The van der Waals surface area contributed by atoms with Gasteiger partial charge >= 0.3 is 0 Å². The second kappa shape index (κ2) is 7.27. The third-order valence-electron chi connectivity index (χ3n) is 3.33. The van der Waals surface area contributed by atoms with Crippen LogP contribution in [0.1, 0.15) is 21.8 Å². The van der Waals surface area contributed by atoms with Crippen LogP contribution in [0.3, 0.4) is 0 Å². The van der Waals surface area contributed by atoms with Crippen LogP contribution in [0.5, 0.6) is 0 Å². The molecule has 0 fully saturated rings. The zero-order chi connectivity index (χ0) is 16.9. The number of hydrogen-bond acceptors (Lipinski definition) is 5. The monoisotopic (exact) mass is 386 g/mol. The lowest BCUT2D eigenvalue weighted by Crippen LogP contribution is -2.24. The Morgan fingerprint density at radius 1 is 1.29 bits per heavy atom. The van der Waals surface area contributed by atoms with Crippen molar-refractivity contribution in [2.45, 2.75) is 13.5 Å². The van der Waals surface area contributed by atoms with Gasteiger partial charge in [-0.15, -0.1) is 0 Å². The van der Waals surface area contributed by atoms with Crippen molar-refractivity contribution in [2.24, 2.45) is 0 Å². The Kier molecular flexibility index (Phi) is 4.90. The molecule has 2 N–H and O–H groups in total. The van der Waals surface area contributed by atoms with Crippen LogP contribution in [0, 0.1) is 6.92 Å². The maximum atomic E-state index is 12.2. The van der Waals surface area contributed by atoms with Gasteiger partial charge in [0.15, 0.2) is 0 Å². The van der Waals surface area contributed by atoms with Crippen molar-refractivity contribution >= 4 is 33.5 Å². The lowest BCUT2D eigenvalue weighted by molar-refractivity contribution is 0.0943. The van der Waals surface area contributed by atoms with Crippen molar-refractivity contribution in [3.8, 4) is 0 Å². The van der Waals surface area contributed by atoms with Gasteiger partial charge in [0.05, 0.1) is 12.8 Å². The van der Waals surface area contributed by atoms with Gasteiger partial charge in [0.1, 0.15) is 11.5 Å².